The molecule has 0 spiro atoms. The summed E-state index contributed by atoms with van der Waals surface area (Å²) in [5, 5.41) is 0. The quantitative estimate of drug-likeness (QED) is 0.0187. The van der Waals surface area contributed by atoms with Gasteiger partial charge in [0.25, 0.3) is 0 Å². The standard InChI is InChI=1S/C26H52Si.C24H51BrSi.C24H52Si.C18H37.C5H10Si.C4H11ClSi.ClH.Mg/c1-7-9-10-11-12-13-14-15-16-17-18-19-20-21-22-23-24-27(8-2,25(3)4)26(5)6;1-6-7-8-9-10-11-12-13-14-15-16-17-18-19-20-21-22-26(25,23(2)3)24(4)5;1-6-7-8-9-10-11-12-13-14-15-16-17-18-19-20-21-22-25(23(2)3)24(4)5;1-3-5-7-9-11-13-15-17-18-16-14-12-10-8-6-4-2;1-5-6(2,3)4;1-4(2)6(3)5;;/h2,25-26H,7,9-24H2,1,3-6H3;23-24H,6-22H2,1-5H3;23-25H,6-22H2,1-5H3;1,3-18H2,2H3;1H,2-4H3;4,6H,1-3H3;1H;/q;;;-1;;;;+2/p-1. The summed E-state index contributed by atoms with van der Waals surface area (Å²) < 4.78 is 0. The van der Waals surface area contributed by atoms with Gasteiger partial charge in [-0.15, -0.1) is 39.2 Å². The number of rotatable bonds is 73. The van der Waals surface area contributed by atoms with Crippen molar-refractivity contribution in [2.45, 2.75) is 619 Å². The van der Waals surface area contributed by atoms with Gasteiger partial charge in [0, 0.05) is 8.80 Å². The van der Waals surface area contributed by atoms with Crippen molar-refractivity contribution in [3.05, 3.63) is 6.92 Å². The summed E-state index contributed by atoms with van der Waals surface area (Å²) in [5.41, 5.74) is 12.0. The molecule has 660 valence electrons. The van der Waals surface area contributed by atoms with E-state index in [0.29, 0.717) is 0 Å². The maximum Gasteiger partial charge on any atom is 2.00 e. The van der Waals surface area contributed by atoms with E-state index in [-0.39, 0.29) is 35.5 Å². The van der Waals surface area contributed by atoms with E-state index in [1.54, 1.807) is 6.04 Å². The van der Waals surface area contributed by atoms with Crippen molar-refractivity contribution < 1.29 is 12.4 Å². The first-order valence-corrected chi connectivity index (χ1v) is 65.9. The third-order valence-electron chi connectivity index (χ3n) is 24.4. The predicted octanol–water partition coefficient (Wildman–Crippen LogP) is 36.6. The summed E-state index contributed by atoms with van der Waals surface area (Å²) in [6.07, 6.45) is 104. The summed E-state index contributed by atoms with van der Waals surface area (Å²) >= 11 is 9.95. The van der Waals surface area contributed by atoms with Gasteiger partial charge in [-0.05, 0) is 39.8 Å². The molecule has 0 N–H and O–H groups in total. The zero-order valence-corrected chi connectivity index (χ0v) is 90.6. The van der Waals surface area contributed by atoms with E-state index in [0.717, 1.165) is 45.2 Å². The van der Waals surface area contributed by atoms with Crippen LogP contribution in [0.25, 0.3) is 0 Å². The molecule has 0 aliphatic rings. The van der Waals surface area contributed by atoms with Crippen LogP contribution in [0.1, 0.15) is 536 Å². The SMILES string of the molecule is C#C[Si](C)(C)C.C#C[Si](CCCCCCCCCCCCCCCCCC)(C(C)C)C(C)C.CC(C)[SiH](C)Cl.CCCCCCCCCCCCCCCCCC[SiH](C(C)C)C(C)C.CCCCCCCCCCCCCCCCCC[Si](Br)(C(C)C)C(C)C.[CH2-]CCCCCCCCCCCCCCCCC.[Cl-].[Mg+2]. The third-order valence-corrected chi connectivity index (χ3v) is 50.6. The topological polar surface area (TPSA) is 0 Å². The Balaban J connectivity index is -0.000000200. The Hall–Kier alpha value is 2.03. The molecule has 0 radical (unpaired) electrons. The molecular weight excluding hydrogens is 1530 g/mol. The Morgan fingerprint density at radius 3 is 0.618 bits per heavy atom. The molecule has 1 unspecified atom stereocenters. The minimum atomic E-state index is -1.50. The van der Waals surface area contributed by atoms with Crippen LogP contribution in [-0.4, -0.2) is 62.8 Å². The van der Waals surface area contributed by atoms with Gasteiger partial charge in [-0.1, -0.05) is 572 Å². The summed E-state index contributed by atoms with van der Waals surface area (Å²) in [4.78, 5) is 0. The average Bonchev–Trinajstić information content (AvgIpc) is 0.837. The van der Waals surface area contributed by atoms with E-state index in [2.05, 4.69) is 184 Å². The molecule has 0 aromatic carbocycles. The molecule has 0 aromatic rings. The van der Waals surface area contributed by atoms with E-state index in [1.165, 1.54) is 417 Å². The molecular formula is C101H213BrCl2MgSi5. The van der Waals surface area contributed by atoms with Gasteiger partial charge in [-0.3, -0.25) is 0 Å². The van der Waals surface area contributed by atoms with Crippen molar-refractivity contribution in [1.82, 2.24) is 0 Å². The molecule has 0 amide bonds. The second-order valence-electron chi connectivity index (χ2n) is 38.2. The first kappa shape index (κ1) is 128. The molecule has 0 saturated carbocycles. The van der Waals surface area contributed by atoms with Crippen LogP contribution >= 0.6 is 26.4 Å². The molecule has 1 atom stereocenters. The van der Waals surface area contributed by atoms with Gasteiger partial charge in [0.05, 0.1) is 0 Å². The second kappa shape index (κ2) is 99.8. The average molecular weight is 1740 g/mol. The van der Waals surface area contributed by atoms with Crippen LogP contribution in [0.15, 0.2) is 0 Å². The molecule has 0 aliphatic heterocycles. The van der Waals surface area contributed by atoms with E-state index in [1.807, 2.05) is 0 Å². The number of halogens is 3. The molecule has 0 heterocycles. The van der Waals surface area contributed by atoms with Crippen molar-refractivity contribution in [2.75, 3.05) is 0 Å². The minimum absolute atomic E-state index is 0. The Kier molecular flexibility index (Phi) is 116. The van der Waals surface area contributed by atoms with Crippen LogP contribution in [0.3, 0.4) is 0 Å². The summed E-state index contributed by atoms with van der Waals surface area (Å²) in [7, 11) is -3.85. The second-order valence-corrected chi connectivity index (χ2v) is 66.6. The summed E-state index contributed by atoms with van der Waals surface area (Å²) in [5.74, 6) is 0. The fraction of sp³-hybridized carbons (Fsp3) is 0.950. The maximum absolute atomic E-state index is 5.99. The van der Waals surface area contributed by atoms with Gasteiger partial charge in [0.2, 0.25) is 0 Å². The van der Waals surface area contributed by atoms with Gasteiger partial charge in [-0.2, -0.15) is 17.5 Å². The van der Waals surface area contributed by atoms with Crippen molar-refractivity contribution >= 4 is 89.2 Å². The smallest absolute Gasteiger partial charge is 1.00 e. The Labute approximate surface area is 744 Å². The molecule has 0 rings (SSSR count). The van der Waals surface area contributed by atoms with Gasteiger partial charge in [0.15, 0.2) is 0 Å². The number of unbranched alkanes of at least 4 members (excludes halogenated alkanes) is 60. The Morgan fingerprint density at radius 2 is 0.473 bits per heavy atom. The predicted molar refractivity (Wildman–Crippen MR) is 537 cm³/mol. The molecule has 0 nitrogen and oxygen atoms in total. The molecule has 110 heavy (non-hydrogen) atoms. The van der Waals surface area contributed by atoms with Crippen LogP contribution in [0.4, 0.5) is 0 Å². The third kappa shape index (κ3) is 98.9. The first-order chi connectivity index (χ1) is 51.7. The fourth-order valence-corrected chi connectivity index (χ4v) is 27.6. The van der Waals surface area contributed by atoms with Crippen molar-refractivity contribution in [2.24, 2.45) is 0 Å². The number of terminal acetylenes is 2. The normalized spacial score (nSPS) is 11.8. The number of hydrogen-bond donors (Lipinski definition) is 0. The van der Waals surface area contributed by atoms with E-state index in [9.17, 15) is 0 Å². The Bertz CT molecular complexity index is 1690. The van der Waals surface area contributed by atoms with Crippen LogP contribution < -0.4 is 12.4 Å². The van der Waals surface area contributed by atoms with Crippen LogP contribution in [0.2, 0.25) is 83.1 Å². The van der Waals surface area contributed by atoms with Gasteiger partial charge >= 0.3 is 23.1 Å². The summed E-state index contributed by atoms with van der Waals surface area (Å²) in [6.45, 7) is 53.8. The van der Waals surface area contributed by atoms with Crippen molar-refractivity contribution in [3.8, 4) is 23.9 Å². The Morgan fingerprint density at radius 1 is 0.300 bits per heavy atom. The molecule has 0 aromatic heterocycles. The zero-order valence-electron chi connectivity index (χ0n) is 80.8. The molecule has 9 heteroatoms. The first-order valence-electron chi connectivity index (χ1n) is 49.7. The monoisotopic (exact) mass is 1740 g/mol. The maximum atomic E-state index is 5.99. The van der Waals surface area contributed by atoms with E-state index < -0.39 is 39.7 Å². The fourth-order valence-electron chi connectivity index (χ4n) is 15.7. The number of hydrogen-bond acceptors (Lipinski definition) is 0. The van der Waals surface area contributed by atoms with E-state index >= 15 is 0 Å². The summed E-state index contributed by atoms with van der Waals surface area (Å²) in [6, 6.07) is 4.41. The van der Waals surface area contributed by atoms with Gasteiger partial charge in [0.1, 0.15) is 30.9 Å². The molecule has 0 bridgehead atoms. The van der Waals surface area contributed by atoms with E-state index in [4.69, 9.17) is 23.9 Å². The van der Waals surface area contributed by atoms with Crippen molar-refractivity contribution in [1.29, 1.82) is 0 Å². The molecule has 0 aliphatic carbocycles. The van der Waals surface area contributed by atoms with Gasteiger partial charge < -0.3 is 19.3 Å². The van der Waals surface area contributed by atoms with Crippen molar-refractivity contribution in [3.63, 3.8) is 0 Å². The largest absolute Gasteiger partial charge is 2.00 e. The minimum Gasteiger partial charge on any atom is -1.00 e. The molecule has 0 saturated heterocycles. The zero-order chi connectivity index (χ0) is 82.5. The van der Waals surface area contributed by atoms with Crippen LogP contribution in [0, 0.1) is 30.9 Å². The van der Waals surface area contributed by atoms with Crippen LogP contribution in [0.5, 0.6) is 0 Å². The van der Waals surface area contributed by atoms with Gasteiger partial charge in [-0.25, -0.2) is 0 Å². The molecule has 0 fully saturated rings. The van der Waals surface area contributed by atoms with Crippen LogP contribution in [-0.2, 0) is 0 Å².